The van der Waals surface area contributed by atoms with E-state index in [-0.39, 0.29) is 17.5 Å². The number of nitrogens with two attached hydrogens (primary N) is 1. The van der Waals surface area contributed by atoms with Crippen molar-refractivity contribution in [1.82, 2.24) is 4.98 Å². The molecular weight excluding hydrogens is 256 g/mol. The zero-order valence-corrected chi connectivity index (χ0v) is 11.1. The zero-order chi connectivity index (χ0) is 14.5. The number of nitro groups is 1. The summed E-state index contributed by atoms with van der Waals surface area (Å²) in [6, 6.07) is 10.8. The molecule has 6 nitrogen and oxygen atoms in total. The molecule has 0 amide bonds. The van der Waals surface area contributed by atoms with Gasteiger partial charge in [-0.2, -0.15) is 0 Å². The minimum Gasteiger partial charge on any atom is -0.362 e. The van der Waals surface area contributed by atoms with Gasteiger partial charge < -0.3 is 11.1 Å². The lowest BCUT2D eigenvalue weighted by molar-refractivity contribution is -0.384. The van der Waals surface area contributed by atoms with Crippen LogP contribution in [0.25, 0.3) is 0 Å². The van der Waals surface area contributed by atoms with Gasteiger partial charge in [0, 0.05) is 24.8 Å². The highest BCUT2D eigenvalue weighted by atomic mass is 16.6. The number of benzene rings is 1. The Morgan fingerprint density at radius 3 is 2.75 bits per heavy atom. The molecule has 3 N–H and O–H groups in total. The Labute approximate surface area is 116 Å². The SMILES string of the molecule is Cc1cnc(NCC(N)c2ccccc2)c([N+](=O)[O-])c1. The standard InChI is InChI=1S/C14H16N4O2/c1-10-7-13(18(19)20)14(16-8-10)17-9-12(15)11-5-3-2-4-6-11/h2-8,12H,9,15H2,1H3,(H,16,17). The number of anilines is 1. The molecule has 0 aliphatic carbocycles. The van der Waals surface area contributed by atoms with E-state index < -0.39 is 4.92 Å². The van der Waals surface area contributed by atoms with E-state index in [1.807, 2.05) is 30.3 Å². The first-order valence-corrected chi connectivity index (χ1v) is 6.23. The third kappa shape index (κ3) is 3.30. The highest BCUT2D eigenvalue weighted by molar-refractivity contribution is 5.56. The Bertz CT molecular complexity index is 601. The topological polar surface area (TPSA) is 94.1 Å². The van der Waals surface area contributed by atoms with Gasteiger partial charge in [-0.25, -0.2) is 4.98 Å². The Balaban J connectivity index is 2.09. The van der Waals surface area contributed by atoms with Crippen molar-refractivity contribution in [3.63, 3.8) is 0 Å². The lowest BCUT2D eigenvalue weighted by atomic mass is 10.1. The Hall–Kier alpha value is -2.47. The van der Waals surface area contributed by atoms with Crippen molar-refractivity contribution in [3.8, 4) is 0 Å². The first-order chi connectivity index (χ1) is 9.58. The van der Waals surface area contributed by atoms with Gasteiger partial charge in [-0.05, 0) is 18.1 Å². The summed E-state index contributed by atoms with van der Waals surface area (Å²) in [5, 5.41) is 13.9. The second-order valence-electron chi connectivity index (χ2n) is 4.54. The third-order valence-corrected chi connectivity index (χ3v) is 2.92. The summed E-state index contributed by atoms with van der Waals surface area (Å²) in [7, 11) is 0. The molecule has 0 fully saturated rings. The maximum atomic E-state index is 11.0. The fourth-order valence-corrected chi connectivity index (χ4v) is 1.85. The molecule has 1 aromatic carbocycles. The number of nitrogens with one attached hydrogen (secondary N) is 1. The number of hydrogen-bond donors (Lipinski definition) is 2. The Morgan fingerprint density at radius 2 is 2.10 bits per heavy atom. The minimum atomic E-state index is -0.448. The van der Waals surface area contributed by atoms with Crippen LogP contribution >= 0.6 is 0 Å². The van der Waals surface area contributed by atoms with Gasteiger partial charge in [-0.1, -0.05) is 30.3 Å². The summed E-state index contributed by atoms with van der Waals surface area (Å²) in [6.07, 6.45) is 1.59. The fraction of sp³-hybridized carbons (Fsp3) is 0.214. The molecule has 1 unspecified atom stereocenters. The molecule has 0 bridgehead atoms. The van der Waals surface area contributed by atoms with Crippen molar-refractivity contribution in [1.29, 1.82) is 0 Å². The number of hydrogen-bond acceptors (Lipinski definition) is 5. The smallest absolute Gasteiger partial charge is 0.311 e. The van der Waals surface area contributed by atoms with Crippen LogP contribution in [0.3, 0.4) is 0 Å². The molecule has 0 aliphatic heterocycles. The first-order valence-electron chi connectivity index (χ1n) is 6.23. The van der Waals surface area contributed by atoms with Crippen molar-refractivity contribution < 1.29 is 4.92 Å². The highest BCUT2D eigenvalue weighted by Gasteiger charge is 2.16. The average Bonchev–Trinajstić information content (AvgIpc) is 2.46. The molecule has 1 aromatic heterocycles. The molecule has 0 radical (unpaired) electrons. The molecular formula is C14H16N4O2. The number of aryl methyl sites for hydroxylation is 1. The zero-order valence-electron chi connectivity index (χ0n) is 11.1. The molecule has 0 spiro atoms. The average molecular weight is 272 g/mol. The van der Waals surface area contributed by atoms with Gasteiger partial charge in [0.05, 0.1) is 4.92 Å². The molecule has 2 aromatic rings. The minimum absolute atomic E-state index is 0.0368. The van der Waals surface area contributed by atoms with E-state index in [1.165, 1.54) is 6.07 Å². The summed E-state index contributed by atoms with van der Waals surface area (Å²) < 4.78 is 0. The fourth-order valence-electron chi connectivity index (χ4n) is 1.85. The van der Waals surface area contributed by atoms with Crippen molar-refractivity contribution in [2.75, 3.05) is 11.9 Å². The van der Waals surface area contributed by atoms with Crippen molar-refractivity contribution in [3.05, 3.63) is 63.8 Å². The van der Waals surface area contributed by atoms with Crippen molar-refractivity contribution in [2.24, 2.45) is 5.73 Å². The van der Waals surface area contributed by atoms with Crippen LogP contribution in [0, 0.1) is 17.0 Å². The van der Waals surface area contributed by atoms with E-state index in [4.69, 9.17) is 5.73 Å². The quantitative estimate of drug-likeness (QED) is 0.644. The number of pyridine rings is 1. The second-order valence-corrected chi connectivity index (χ2v) is 4.54. The summed E-state index contributed by atoms with van der Waals surface area (Å²) in [6.45, 7) is 2.14. The molecule has 0 aliphatic rings. The summed E-state index contributed by atoms with van der Waals surface area (Å²) in [5.41, 5.74) is 7.71. The normalized spacial score (nSPS) is 11.9. The predicted molar refractivity (Wildman–Crippen MR) is 77.5 cm³/mol. The van der Waals surface area contributed by atoms with Crippen LogP contribution in [0.2, 0.25) is 0 Å². The molecule has 6 heteroatoms. The summed E-state index contributed by atoms with van der Waals surface area (Å²) in [4.78, 5) is 14.6. The molecule has 104 valence electrons. The van der Waals surface area contributed by atoms with Crippen LogP contribution in [0.1, 0.15) is 17.2 Å². The Kier molecular flexibility index (Phi) is 4.27. The summed E-state index contributed by atoms with van der Waals surface area (Å²) in [5.74, 6) is 0.243. The Morgan fingerprint density at radius 1 is 1.40 bits per heavy atom. The maximum absolute atomic E-state index is 11.0. The van der Waals surface area contributed by atoms with Crippen LogP contribution in [-0.2, 0) is 0 Å². The van der Waals surface area contributed by atoms with Crippen LogP contribution in [0.15, 0.2) is 42.6 Å². The number of rotatable bonds is 5. The number of aromatic nitrogens is 1. The van der Waals surface area contributed by atoms with Gasteiger partial charge in [-0.3, -0.25) is 10.1 Å². The van der Waals surface area contributed by atoms with Crippen molar-refractivity contribution >= 4 is 11.5 Å². The van der Waals surface area contributed by atoms with Crippen molar-refractivity contribution in [2.45, 2.75) is 13.0 Å². The molecule has 1 atom stereocenters. The predicted octanol–water partition coefficient (Wildman–Crippen LogP) is 2.41. The first kappa shape index (κ1) is 14.0. The van der Waals surface area contributed by atoms with E-state index in [9.17, 15) is 10.1 Å². The van der Waals surface area contributed by atoms with E-state index in [2.05, 4.69) is 10.3 Å². The summed E-state index contributed by atoms with van der Waals surface area (Å²) >= 11 is 0. The van der Waals surface area contributed by atoms with Crippen LogP contribution in [0.5, 0.6) is 0 Å². The number of nitrogens with zero attached hydrogens (tertiary/aromatic N) is 2. The van der Waals surface area contributed by atoms with Crippen LogP contribution in [-0.4, -0.2) is 16.5 Å². The molecule has 0 saturated carbocycles. The third-order valence-electron chi connectivity index (χ3n) is 2.92. The monoisotopic (exact) mass is 272 g/mol. The molecule has 0 saturated heterocycles. The largest absolute Gasteiger partial charge is 0.362 e. The molecule has 2 rings (SSSR count). The molecule has 1 heterocycles. The lowest BCUT2D eigenvalue weighted by Crippen LogP contribution is -2.21. The lowest BCUT2D eigenvalue weighted by Gasteiger charge is -2.13. The second kappa shape index (κ2) is 6.12. The van der Waals surface area contributed by atoms with Gasteiger partial charge in [0.1, 0.15) is 0 Å². The van der Waals surface area contributed by atoms with Crippen LogP contribution < -0.4 is 11.1 Å². The van der Waals surface area contributed by atoms with Gasteiger partial charge in [0.25, 0.3) is 0 Å². The van der Waals surface area contributed by atoms with E-state index in [0.29, 0.717) is 6.54 Å². The van der Waals surface area contributed by atoms with E-state index >= 15 is 0 Å². The maximum Gasteiger partial charge on any atom is 0.311 e. The van der Waals surface area contributed by atoms with Gasteiger partial charge in [0.15, 0.2) is 0 Å². The molecule has 20 heavy (non-hydrogen) atoms. The van der Waals surface area contributed by atoms with E-state index in [0.717, 1.165) is 11.1 Å². The van der Waals surface area contributed by atoms with Crippen LogP contribution in [0.4, 0.5) is 11.5 Å². The van der Waals surface area contributed by atoms with Gasteiger partial charge in [0.2, 0.25) is 5.82 Å². The highest BCUT2D eigenvalue weighted by Crippen LogP contribution is 2.23. The van der Waals surface area contributed by atoms with Gasteiger partial charge >= 0.3 is 5.69 Å². The van der Waals surface area contributed by atoms with E-state index in [1.54, 1.807) is 13.1 Å². The van der Waals surface area contributed by atoms with Gasteiger partial charge in [-0.15, -0.1) is 0 Å².